The van der Waals surface area contributed by atoms with E-state index in [9.17, 15) is 14.4 Å². The van der Waals surface area contributed by atoms with Gasteiger partial charge in [-0.25, -0.2) is 4.79 Å². The van der Waals surface area contributed by atoms with Crippen LogP contribution < -0.4 is 0 Å². The van der Waals surface area contributed by atoms with Crippen molar-refractivity contribution in [3.8, 4) is 12.3 Å². The molecular weight excluding hydrogens is 320 g/mol. The predicted octanol–water partition coefficient (Wildman–Crippen LogP) is 2.93. The van der Waals surface area contributed by atoms with Crippen molar-refractivity contribution in [3.63, 3.8) is 0 Å². The maximum Gasteiger partial charge on any atom is 0.339 e. The molecule has 1 aliphatic carbocycles. The summed E-state index contributed by atoms with van der Waals surface area (Å²) < 4.78 is 10.4. The monoisotopic (exact) mass is 342 g/mol. The molecule has 1 aromatic carbocycles. The Labute approximate surface area is 147 Å². The number of terminal acetylenes is 1. The van der Waals surface area contributed by atoms with E-state index in [0.717, 1.165) is 0 Å². The largest absolute Gasteiger partial charge is 0.465 e. The van der Waals surface area contributed by atoms with Gasteiger partial charge in [-0.1, -0.05) is 24.1 Å². The average molecular weight is 342 g/mol. The van der Waals surface area contributed by atoms with Crippen LogP contribution in [-0.4, -0.2) is 30.4 Å². The van der Waals surface area contributed by atoms with Crippen molar-refractivity contribution in [3.05, 3.63) is 35.9 Å². The Hall–Kier alpha value is -2.61. The predicted molar refractivity (Wildman–Crippen MR) is 91.6 cm³/mol. The first kappa shape index (κ1) is 18.7. The number of hydrogen-bond acceptors (Lipinski definition) is 5. The first-order valence-corrected chi connectivity index (χ1v) is 8.46. The smallest absolute Gasteiger partial charge is 0.339 e. The molecule has 2 rings (SSSR count). The van der Waals surface area contributed by atoms with Crippen LogP contribution in [0.4, 0.5) is 0 Å². The highest BCUT2D eigenvalue weighted by Crippen LogP contribution is 2.40. The maximum absolute atomic E-state index is 12.3. The Morgan fingerprint density at radius 2 is 2.04 bits per heavy atom. The fourth-order valence-electron chi connectivity index (χ4n) is 3.11. The van der Waals surface area contributed by atoms with E-state index in [1.807, 2.05) is 0 Å². The molecule has 2 atom stereocenters. The third-order valence-corrected chi connectivity index (χ3v) is 4.49. The fourth-order valence-corrected chi connectivity index (χ4v) is 3.11. The molecule has 0 aliphatic heterocycles. The van der Waals surface area contributed by atoms with Crippen LogP contribution >= 0.6 is 0 Å². The van der Waals surface area contributed by atoms with Gasteiger partial charge in [0.15, 0.2) is 6.10 Å². The second-order valence-electron chi connectivity index (χ2n) is 6.04. The van der Waals surface area contributed by atoms with Gasteiger partial charge in [0, 0.05) is 6.42 Å². The minimum atomic E-state index is -1.15. The van der Waals surface area contributed by atoms with Crippen molar-refractivity contribution < 1.29 is 23.9 Å². The molecule has 0 spiro atoms. The first-order valence-electron chi connectivity index (χ1n) is 8.46. The SMILES string of the molecule is C#CC(CCC1(C(=O)OCC)CCCC1=O)OC(=O)c1ccccc1. The molecule has 0 aromatic heterocycles. The molecule has 25 heavy (non-hydrogen) atoms. The van der Waals surface area contributed by atoms with Gasteiger partial charge < -0.3 is 9.47 Å². The van der Waals surface area contributed by atoms with E-state index in [1.165, 1.54) is 0 Å². The molecule has 0 radical (unpaired) electrons. The summed E-state index contributed by atoms with van der Waals surface area (Å²) in [5.74, 6) is 1.29. The zero-order valence-electron chi connectivity index (χ0n) is 14.3. The van der Waals surface area contributed by atoms with Crippen molar-refractivity contribution >= 4 is 17.7 Å². The summed E-state index contributed by atoms with van der Waals surface area (Å²) in [4.78, 5) is 36.7. The van der Waals surface area contributed by atoms with Gasteiger partial charge in [-0.05, 0) is 44.7 Å². The van der Waals surface area contributed by atoms with Gasteiger partial charge in [0.25, 0.3) is 0 Å². The molecule has 132 valence electrons. The van der Waals surface area contributed by atoms with E-state index >= 15 is 0 Å². The van der Waals surface area contributed by atoms with Crippen LogP contribution in [0.1, 0.15) is 49.4 Å². The minimum Gasteiger partial charge on any atom is -0.465 e. The minimum absolute atomic E-state index is 0.115. The third-order valence-electron chi connectivity index (χ3n) is 4.49. The highest BCUT2D eigenvalue weighted by Gasteiger charge is 2.49. The number of carbonyl (C=O) groups is 3. The van der Waals surface area contributed by atoms with Gasteiger partial charge in [0.1, 0.15) is 11.2 Å². The highest BCUT2D eigenvalue weighted by molar-refractivity contribution is 6.05. The summed E-state index contributed by atoms with van der Waals surface area (Å²) >= 11 is 0. The van der Waals surface area contributed by atoms with Gasteiger partial charge in [-0.2, -0.15) is 0 Å². The average Bonchev–Trinajstić information content (AvgIpc) is 3.01. The van der Waals surface area contributed by atoms with E-state index in [4.69, 9.17) is 15.9 Å². The van der Waals surface area contributed by atoms with Crippen molar-refractivity contribution in [2.45, 2.75) is 45.1 Å². The Morgan fingerprint density at radius 1 is 1.32 bits per heavy atom. The normalized spacial score (nSPS) is 20.6. The number of hydrogen-bond donors (Lipinski definition) is 0. The van der Waals surface area contributed by atoms with Gasteiger partial charge in [0.05, 0.1) is 12.2 Å². The lowest BCUT2D eigenvalue weighted by Gasteiger charge is -2.26. The summed E-state index contributed by atoms with van der Waals surface area (Å²) in [5.41, 5.74) is -0.746. The van der Waals surface area contributed by atoms with Crippen molar-refractivity contribution in [1.29, 1.82) is 0 Å². The van der Waals surface area contributed by atoms with E-state index < -0.39 is 23.5 Å². The number of ether oxygens (including phenoxy) is 2. The molecule has 5 nitrogen and oxygen atoms in total. The quantitative estimate of drug-likeness (QED) is 0.433. The Kier molecular flexibility index (Phi) is 6.35. The summed E-state index contributed by atoms with van der Waals surface area (Å²) in [7, 11) is 0. The molecule has 0 saturated heterocycles. The van der Waals surface area contributed by atoms with Gasteiger partial charge in [-0.3, -0.25) is 9.59 Å². The molecule has 1 saturated carbocycles. The van der Waals surface area contributed by atoms with Crippen LogP contribution in [0.3, 0.4) is 0 Å². The summed E-state index contributed by atoms with van der Waals surface area (Å²) in [5, 5.41) is 0. The molecular formula is C20H22O5. The number of benzene rings is 1. The summed E-state index contributed by atoms with van der Waals surface area (Å²) in [6.07, 6.45) is 6.60. The molecule has 1 fully saturated rings. The highest BCUT2D eigenvalue weighted by atomic mass is 16.5. The lowest BCUT2D eigenvalue weighted by molar-refractivity contribution is -0.159. The van der Waals surface area contributed by atoms with Crippen LogP contribution in [0.15, 0.2) is 30.3 Å². The fraction of sp³-hybridized carbons (Fsp3) is 0.450. The zero-order valence-corrected chi connectivity index (χ0v) is 14.3. The van der Waals surface area contributed by atoms with Crippen LogP contribution in [0.25, 0.3) is 0 Å². The molecule has 0 N–H and O–H groups in total. The Morgan fingerprint density at radius 3 is 2.60 bits per heavy atom. The summed E-state index contributed by atoms with van der Waals surface area (Å²) in [6.45, 7) is 1.92. The van der Waals surface area contributed by atoms with Crippen LogP contribution in [-0.2, 0) is 19.1 Å². The number of rotatable bonds is 7. The molecule has 5 heteroatoms. The van der Waals surface area contributed by atoms with Gasteiger partial charge in [0.2, 0.25) is 0 Å². The second kappa shape index (κ2) is 8.48. The van der Waals surface area contributed by atoms with Crippen molar-refractivity contribution in [2.24, 2.45) is 5.41 Å². The Balaban J connectivity index is 2.03. The van der Waals surface area contributed by atoms with E-state index in [1.54, 1.807) is 37.3 Å². The van der Waals surface area contributed by atoms with Gasteiger partial charge in [-0.15, -0.1) is 6.42 Å². The second-order valence-corrected chi connectivity index (χ2v) is 6.04. The van der Waals surface area contributed by atoms with Crippen molar-refractivity contribution in [2.75, 3.05) is 6.61 Å². The number of carbonyl (C=O) groups excluding carboxylic acids is 3. The van der Waals surface area contributed by atoms with E-state index in [0.29, 0.717) is 24.8 Å². The summed E-state index contributed by atoms with van der Waals surface area (Å²) in [6, 6.07) is 8.53. The van der Waals surface area contributed by atoms with Crippen LogP contribution in [0.5, 0.6) is 0 Å². The standard InChI is InChI=1S/C20H22O5/c1-3-16(25-18(22)15-9-6-5-7-10-15)12-14-20(19(23)24-4-2)13-8-11-17(20)21/h1,5-7,9-10,16H,4,8,11-14H2,2H3. The molecule has 0 amide bonds. The molecule has 1 aliphatic rings. The van der Waals surface area contributed by atoms with E-state index in [-0.39, 0.29) is 25.2 Å². The number of esters is 2. The topological polar surface area (TPSA) is 69.7 Å². The third kappa shape index (κ3) is 4.27. The van der Waals surface area contributed by atoms with Gasteiger partial charge >= 0.3 is 11.9 Å². The van der Waals surface area contributed by atoms with Crippen molar-refractivity contribution in [1.82, 2.24) is 0 Å². The maximum atomic E-state index is 12.3. The number of Topliss-reactive ketones (excluding diaryl/α,β-unsaturated/α-hetero) is 1. The molecule has 1 aromatic rings. The zero-order chi connectivity index (χ0) is 18.3. The lowest BCUT2D eigenvalue weighted by Crippen LogP contribution is -2.38. The van der Waals surface area contributed by atoms with Crippen LogP contribution in [0.2, 0.25) is 0 Å². The number of ketones is 1. The first-order chi connectivity index (χ1) is 12.0. The molecule has 2 unspecified atom stereocenters. The Bertz CT molecular complexity index is 673. The molecule has 0 heterocycles. The lowest BCUT2D eigenvalue weighted by atomic mass is 9.80. The van der Waals surface area contributed by atoms with Crippen LogP contribution in [0, 0.1) is 17.8 Å². The van der Waals surface area contributed by atoms with E-state index in [2.05, 4.69) is 5.92 Å². The molecule has 0 bridgehead atoms.